The molecular formula is C20H24N4O7S. The average molecular weight is 465 g/mol. The van der Waals surface area contributed by atoms with Crippen LogP contribution in [0.25, 0.3) is 0 Å². The predicted octanol–water partition coefficient (Wildman–Crippen LogP) is 2.31. The Labute approximate surface area is 185 Å². The monoisotopic (exact) mass is 464 g/mol. The van der Waals surface area contributed by atoms with Gasteiger partial charge in [-0.15, -0.1) is 0 Å². The highest BCUT2D eigenvalue weighted by Gasteiger charge is 2.23. The van der Waals surface area contributed by atoms with Gasteiger partial charge in [0.2, 0.25) is 10.0 Å². The number of nitrogens with two attached hydrogens (primary N) is 1. The van der Waals surface area contributed by atoms with Crippen molar-refractivity contribution < 1.29 is 27.7 Å². The first-order valence-electron chi connectivity index (χ1n) is 9.62. The molecule has 0 aliphatic heterocycles. The van der Waals surface area contributed by atoms with Crippen LogP contribution in [0.1, 0.15) is 29.8 Å². The molecule has 172 valence electrons. The van der Waals surface area contributed by atoms with Crippen LogP contribution in [0.3, 0.4) is 0 Å². The number of anilines is 2. The van der Waals surface area contributed by atoms with Gasteiger partial charge in [0, 0.05) is 24.8 Å². The van der Waals surface area contributed by atoms with Gasteiger partial charge in [-0.3, -0.25) is 14.9 Å². The Morgan fingerprint density at radius 3 is 2.41 bits per heavy atom. The molecule has 0 aliphatic rings. The van der Waals surface area contributed by atoms with Gasteiger partial charge >= 0.3 is 5.97 Å². The molecule has 2 rings (SSSR count). The Balaban J connectivity index is 2.11. The third-order valence-corrected chi connectivity index (χ3v) is 6.67. The van der Waals surface area contributed by atoms with Crippen molar-refractivity contribution in [2.75, 3.05) is 30.7 Å². The number of carbonyl (C=O) groups excluding carboxylic acids is 2. The third-order valence-electron chi connectivity index (χ3n) is 4.62. The van der Waals surface area contributed by atoms with Gasteiger partial charge in [0.15, 0.2) is 6.61 Å². The molecule has 0 aliphatic carbocycles. The van der Waals surface area contributed by atoms with Crippen molar-refractivity contribution in [2.45, 2.75) is 25.7 Å². The Bertz CT molecular complexity index is 1140. The first kappa shape index (κ1) is 24.8. The molecule has 11 nitrogen and oxygen atoms in total. The number of sulfonamides is 1. The first-order chi connectivity index (χ1) is 15.0. The number of carbonyl (C=O) groups is 2. The minimum Gasteiger partial charge on any atom is -0.452 e. The lowest BCUT2D eigenvalue weighted by atomic mass is 10.2. The summed E-state index contributed by atoms with van der Waals surface area (Å²) < 4.78 is 31.6. The second-order valence-electron chi connectivity index (χ2n) is 6.72. The lowest BCUT2D eigenvalue weighted by Gasteiger charge is -2.19. The summed E-state index contributed by atoms with van der Waals surface area (Å²) in [5.41, 5.74) is 5.65. The lowest BCUT2D eigenvalue weighted by molar-refractivity contribution is -0.383. The number of esters is 1. The third kappa shape index (κ3) is 5.59. The zero-order valence-electron chi connectivity index (χ0n) is 17.8. The summed E-state index contributed by atoms with van der Waals surface area (Å²) in [7, 11) is -3.72. The van der Waals surface area contributed by atoms with Crippen LogP contribution >= 0.6 is 0 Å². The molecule has 12 heteroatoms. The smallest absolute Gasteiger partial charge is 0.338 e. The van der Waals surface area contributed by atoms with E-state index in [1.807, 2.05) is 0 Å². The number of benzene rings is 2. The summed E-state index contributed by atoms with van der Waals surface area (Å²) in [4.78, 5) is 34.6. The second kappa shape index (κ2) is 10.2. The van der Waals surface area contributed by atoms with Crippen molar-refractivity contribution in [1.29, 1.82) is 0 Å². The number of hydrogen-bond acceptors (Lipinski definition) is 8. The van der Waals surface area contributed by atoms with E-state index in [9.17, 15) is 28.1 Å². The van der Waals surface area contributed by atoms with Crippen LogP contribution in [-0.2, 0) is 19.6 Å². The molecular weight excluding hydrogens is 440 g/mol. The summed E-state index contributed by atoms with van der Waals surface area (Å²) in [6.45, 7) is 5.05. The lowest BCUT2D eigenvalue weighted by Crippen LogP contribution is -2.30. The maximum absolute atomic E-state index is 12.7. The molecule has 0 saturated heterocycles. The number of rotatable bonds is 9. The number of nitrogens with one attached hydrogen (secondary N) is 1. The van der Waals surface area contributed by atoms with E-state index in [0.717, 1.165) is 6.07 Å². The van der Waals surface area contributed by atoms with Crippen LogP contribution in [0.15, 0.2) is 41.3 Å². The number of hydrogen-bond donors (Lipinski definition) is 2. The Kier molecular flexibility index (Phi) is 7.89. The van der Waals surface area contributed by atoms with Crippen LogP contribution in [0, 0.1) is 17.0 Å². The molecule has 2 aromatic carbocycles. The summed E-state index contributed by atoms with van der Waals surface area (Å²) in [5.74, 6) is -1.65. The summed E-state index contributed by atoms with van der Waals surface area (Å²) in [6, 6.07) is 7.75. The molecule has 0 saturated carbocycles. The average Bonchev–Trinajstić information content (AvgIpc) is 2.74. The molecule has 32 heavy (non-hydrogen) atoms. The molecule has 0 bridgehead atoms. The number of ether oxygens (including phenoxy) is 1. The van der Waals surface area contributed by atoms with Gasteiger partial charge in [-0.05, 0) is 36.8 Å². The van der Waals surface area contributed by atoms with Crippen LogP contribution < -0.4 is 11.1 Å². The highest BCUT2D eigenvalue weighted by molar-refractivity contribution is 7.89. The molecule has 0 radical (unpaired) electrons. The zero-order chi connectivity index (χ0) is 24.1. The second-order valence-corrected chi connectivity index (χ2v) is 8.66. The molecule has 0 aromatic heterocycles. The molecule has 0 spiro atoms. The normalized spacial score (nSPS) is 11.2. The Hall–Kier alpha value is -3.51. The fourth-order valence-corrected chi connectivity index (χ4v) is 4.32. The van der Waals surface area contributed by atoms with Gasteiger partial charge in [0.1, 0.15) is 5.69 Å². The van der Waals surface area contributed by atoms with Crippen molar-refractivity contribution in [3.8, 4) is 0 Å². The van der Waals surface area contributed by atoms with Crippen molar-refractivity contribution in [3.63, 3.8) is 0 Å². The van der Waals surface area contributed by atoms with E-state index in [1.165, 1.54) is 28.6 Å². The van der Waals surface area contributed by atoms with Crippen molar-refractivity contribution in [1.82, 2.24) is 4.31 Å². The molecule has 0 atom stereocenters. The Morgan fingerprint density at radius 1 is 1.16 bits per heavy atom. The maximum atomic E-state index is 12.7. The minimum atomic E-state index is -3.72. The van der Waals surface area contributed by atoms with Crippen LogP contribution in [-0.4, -0.2) is 49.2 Å². The minimum absolute atomic E-state index is 0.0216. The van der Waals surface area contributed by atoms with Gasteiger partial charge < -0.3 is 15.8 Å². The van der Waals surface area contributed by atoms with Gasteiger partial charge in [-0.25, -0.2) is 13.2 Å². The van der Waals surface area contributed by atoms with Gasteiger partial charge in [-0.2, -0.15) is 4.31 Å². The van der Waals surface area contributed by atoms with E-state index >= 15 is 0 Å². The molecule has 0 fully saturated rings. The van der Waals surface area contributed by atoms with E-state index < -0.39 is 39.1 Å². The quantitative estimate of drug-likeness (QED) is 0.247. The van der Waals surface area contributed by atoms with E-state index in [4.69, 9.17) is 10.5 Å². The highest BCUT2D eigenvalue weighted by Crippen LogP contribution is 2.24. The van der Waals surface area contributed by atoms with E-state index in [1.54, 1.807) is 26.8 Å². The van der Waals surface area contributed by atoms with Crippen molar-refractivity contribution in [3.05, 3.63) is 57.6 Å². The molecule has 3 N–H and O–H groups in total. The molecule has 0 heterocycles. The number of nitro groups is 1. The fourth-order valence-electron chi connectivity index (χ4n) is 2.84. The largest absolute Gasteiger partial charge is 0.452 e. The van der Waals surface area contributed by atoms with Crippen LogP contribution in [0.4, 0.5) is 17.1 Å². The van der Waals surface area contributed by atoms with Crippen LogP contribution in [0.2, 0.25) is 0 Å². The van der Waals surface area contributed by atoms with Gasteiger partial charge in [-0.1, -0.05) is 19.9 Å². The summed E-state index contributed by atoms with van der Waals surface area (Å²) in [6.07, 6.45) is 0. The predicted molar refractivity (Wildman–Crippen MR) is 118 cm³/mol. The topological polar surface area (TPSA) is 162 Å². The number of amides is 1. The van der Waals surface area contributed by atoms with Gasteiger partial charge in [0.25, 0.3) is 11.6 Å². The molecule has 0 unspecified atom stereocenters. The number of nitro benzene ring substituents is 1. The van der Waals surface area contributed by atoms with Crippen molar-refractivity contribution >= 4 is 39.0 Å². The molecule has 2 aromatic rings. The standard InChI is InChI=1S/C20H24N4O7S/c1-4-23(5-2)32(29,30)15-8-6-13(3)17(11-15)22-19(25)12-31-20(26)14-7-9-16(21)18(10-14)24(27)28/h6-11H,4-5,12,21H2,1-3H3,(H,22,25). The first-order valence-corrected chi connectivity index (χ1v) is 11.1. The molecule has 1 amide bonds. The van der Waals surface area contributed by atoms with E-state index in [-0.39, 0.29) is 21.8 Å². The zero-order valence-corrected chi connectivity index (χ0v) is 18.6. The van der Waals surface area contributed by atoms with E-state index in [0.29, 0.717) is 18.7 Å². The number of nitrogen functional groups attached to an aromatic ring is 1. The SMILES string of the molecule is CCN(CC)S(=O)(=O)c1ccc(C)c(NC(=O)COC(=O)c2ccc(N)c([N+](=O)[O-])c2)c1. The highest BCUT2D eigenvalue weighted by atomic mass is 32.2. The summed E-state index contributed by atoms with van der Waals surface area (Å²) in [5, 5.41) is 13.5. The van der Waals surface area contributed by atoms with Gasteiger partial charge in [0.05, 0.1) is 15.4 Å². The van der Waals surface area contributed by atoms with E-state index in [2.05, 4.69) is 5.32 Å². The number of aryl methyl sites for hydroxylation is 1. The fraction of sp³-hybridized carbons (Fsp3) is 0.300. The maximum Gasteiger partial charge on any atom is 0.338 e. The Morgan fingerprint density at radius 2 is 1.81 bits per heavy atom. The summed E-state index contributed by atoms with van der Waals surface area (Å²) >= 11 is 0. The number of nitrogens with zero attached hydrogens (tertiary/aromatic N) is 2. The van der Waals surface area contributed by atoms with Crippen molar-refractivity contribution in [2.24, 2.45) is 0 Å². The van der Waals surface area contributed by atoms with Crippen LogP contribution in [0.5, 0.6) is 0 Å².